The second-order valence-corrected chi connectivity index (χ2v) is 9.71. The molecule has 7 nitrogen and oxygen atoms in total. The van der Waals surface area contributed by atoms with Crippen LogP contribution in [0.3, 0.4) is 0 Å². The monoisotopic (exact) mass is 457 g/mol. The molecule has 0 saturated carbocycles. The van der Waals surface area contributed by atoms with Gasteiger partial charge in [-0.3, -0.25) is 4.79 Å². The molecule has 1 amide bonds. The highest BCUT2D eigenvalue weighted by Gasteiger charge is 2.34. The van der Waals surface area contributed by atoms with E-state index in [1.165, 1.54) is 4.90 Å². The van der Waals surface area contributed by atoms with Crippen LogP contribution in [-0.4, -0.2) is 63.0 Å². The molecule has 1 heterocycles. The molecule has 1 fully saturated rings. The molecule has 1 aliphatic heterocycles. The number of hydrogen-bond donors (Lipinski definition) is 0. The largest absolute Gasteiger partial charge is 0.496 e. The smallest absolute Gasteiger partial charge is 0.339 e. The number of benzene rings is 2. The summed E-state index contributed by atoms with van der Waals surface area (Å²) in [6.07, 6.45) is 2.07. The third kappa shape index (κ3) is 5.76. The Morgan fingerprint density at radius 1 is 1.09 bits per heavy atom. The maximum Gasteiger partial charge on any atom is 0.339 e. The average Bonchev–Trinajstić information content (AvgIpc) is 3.16. The van der Waals surface area contributed by atoms with Gasteiger partial charge >= 0.3 is 5.97 Å². The normalized spacial score (nSPS) is 17.6. The Hall–Kier alpha value is -3.13. The van der Waals surface area contributed by atoms with Crippen molar-refractivity contribution in [1.82, 2.24) is 4.90 Å². The molecule has 3 rings (SSSR count). The maximum absolute atomic E-state index is 13.0. The summed E-state index contributed by atoms with van der Waals surface area (Å²) >= 11 is 0. The fourth-order valence-electron chi connectivity index (χ4n) is 3.77. The number of sulfone groups is 1. The van der Waals surface area contributed by atoms with Crippen LogP contribution in [0.4, 0.5) is 0 Å². The van der Waals surface area contributed by atoms with E-state index in [0.717, 1.165) is 0 Å². The van der Waals surface area contributed by atoms with Gasteiger partial charge in [0.25, 0.3) is 5.91 Å². The molecule has 1 atom stereocenters. The van der Waals surface area contributed by atoms with Crippen LogP contribution < -0.4 is 4.74 Å². The van der Waals surface area contributed by atoms with Gasteiger partial charge in [-0.15, -0.1) is 0 Å². The van der Waals surface area contributed by atoms with Crippen LogP contribution in [0.1, 0.15) is 24.5 Å². The summed E-state index contributed by atoms with van der Waals surface area (Å²) < 4.78 is 34.3. The van der Waals surface area contributed by atoms with E-state index in [1.54, 1.807) is 38.3 Å². The van der Waals surface area contributed by atoms with E-state index in [4.69, 9.17) is 9.47 Å². The first-order valence-corrected chi connectivity index (χ1v) is 12.2. The fourth-order valence-corrected chi connectivity index (χ4v) is 5.50. The highest BCUT2D eigenvalue weighted by Crippen LogP contribution is 2.26. The van der Waals surface area contributed by atoms with E-state index in [-0.39, 0.29) is 23.1 Å². The van der Waals surface area contributed by atoms with Gasteiger partial charge in [0.05, 0.1) is 24.2 Å². The number of likely N-dealkylation sites (N-methyl/N-ethyl adjacent to an activating group) is 1. The molecule has 0 N–H and O–H groups in total. The molecule has 32 heavy (non-hydrogen) atoms. The van der Waals surface area contributed by atoms with Crippen molar-refractivity contribution in [1.29, 1.82) is 0 Å². The Balaban J connectivity index is 1.78. The highest BCUT2D eigenvalue weighted by atomic mass is 32.2. The molecule has 0 radical (unpaired) electrons. The van der Waals surface area contributed by atoms with E-state index < -0.39 is 28.3 Å². The van der Waals surface area contributed by atoms with Gasteiger partial charge in [-0.05, 0) is 31.1 Å². The van der Waals surface area contributed by atoms with Crippen molar-refractivity contribution >= 4 is 33.4 Å². The molecule has 170 valence electrons. The number of para-hydroxylation sites is 1. The molecule has 0 spiro atoms. The number of rotatable bonds is 8. The van der Waals surface area contributed by atoms with Gasteiger partial charge in [0, 0.05) is 18.2 Å². The Kier molecular flexibility index (Phi) is 7.69. The number of carbonyl (C=O) groups excluding carboxylic acids is 2. The third-order valence-corrected chi connectivity index (χ3v) is 7.13. The molecule has 8 heteroatoms. The van der Waals surface area contributed by atoms with Crippen LogP contribution in [0.25, 0.3) is 11.6 Å². The maximum atomic E-state index is 13.0. The first-order valence-electron chi connectivity index (χ1n) is 10.4. The van der Waals surface area contributed by atoms with Crippen molar-refractivity contribution in [3.8, 4) is 5.75 Å². The van der Waals surface area contributed by atoms with Crippen molar-refractivity contribution in [3.63, 3.8) is 0 Å². The van der Waals surface area contributed by atoms with Crippen molar-refractivity contribution in [3.05, 3.63) is 65.7 Å². The number of ether oxygens (including phenoxy) is 2. The zero-order valence-corrected chi connectivity index (χ0v) is 19.0. The Morgan fingerprint density at radius 2 is 1.78 bits per heavy atom. The summed E-state index contributed by atoms with van der Waals surface area (Å²) in [5, 5.41) is 0. The quantitative estimate of drug-likeness (QED) is 0.344. The van der Waals surface area contributed by atoms with Gasteiger partial charge < -0.3 is 14.4 Å². The topological polar surface area (TPSA) is 90.0 Å². The minimum atomic E-state index is -3.13. The third-order valence-electron chi connectivity index (χ3n) is 5.38. The molecule has 0 aliphatic carbocycles. The van der Waals surface area contributed by atoms with E-state index in [9.17, 15) is 18.0 Å². The molecule has 2 aromatic carbocycles. The minimum absolute atomic E-state index is 0.0521. The summed E-state index contributed by atoms with van der Waals surface area (Å²) in [4.78, 5) is 27.2. The number of amides is 1. The number of nitrogens with zero attached hydrogens (tertiary/aromatic N) is 1. The van der Waals surface area contributed by atoms with E-state index >= 15 is 0 Å². The van der Waals surface area contributed by atoms with Gasteiger partial charge in [0.15, 0.2) is 16.4 Å². The molecule has 0 bridgehead atoms. The molecular weight excluding hydrogens is 430 g/mol. The Bertz CT molecular complexity index is 1090. The first kappa shape index (κ1) is 23.5. The van der Waals surface area contributed by atoms with E-state index in [2.05, 4.69) is 0 Å². The Labute approximate surface area is 188 Å². The molecule has 1 aliphatic rings. The fraction of sp³-hybridized carbons (Fsp3) is 0.333. The average molecular weight is 458 g/mol. The van der Waals surface area contributed by atoms with Gasteiger partial charge in [0.2, 0.25) is 0 Å². The zero-order chi connectivity index (χ0) is 23.1. The number of esters is 1. The van der Waals surface area contributed by atoms with Crippen molar-refractivity contribution in [2.45, 2.75) is 19.4 Å². The van der Waals surface area contributed by atoms with Gasteiger partial charge in [-0.1, -0.05) is 48.5 Å². The second-order valence-electron chi connectivity index (χ2n) is 7.48. The molecule has 1 unspecified atom stereocenters. The van der Waals surface area contributed by atoms with Crippen LogP contribution in [-0.2, 0) is 24.2 Å². The van der Waals surface area contributed by atoms with Crippen molar-refractivity contribution in [2.75, 3.05) is 31.8 Å². The van der Waals surface area contributed by atoms with Crippen LogP contribution in [0.5, 0.6) is 5.75 Å². The van der Waals surface area contributed by atoms with Crippen LogP contribution >= 0.6 is 0 Å². The standard InChI is InChI=1S/C24H27NO6S/c1-3-25(20-13-14-32(28,29)17-20)23(26)16-31-24(27)21(18-9-5-4-6-10-18)15-19-11-7-8-12-22(19)30-2/h4-12,15,20H,3,13-14,16-17H2,1-2H3/b21-15+. The lowest BCUT2D eigenvalue weighted by Crippen LogP contribution is -2.43. The SMILES string of the molecule is CCN(C(=O)COC(=O)/C(=C/c1ccccc1OC)c1ccccc1)C1CCS(=O)(=O)C1. The van der Waals surface area contributed by atoms with Gasteiger partial charge in [0.1, 0.15) is 5.75 Å². The number of hydrogen-bond acceptors (Lipinski definition) is 6. The van der Waals surface area contributed by atoms with Gasteiger partial charge in [-0.25, -0.2) is 13.2 Å². The van der Waals surface area contributed by atoms with Crippen LogP contribution in [0.2, 0.25) is 0 Å². The number of carbonyl (C=O) groups is 2. The zero-order valence-electron chi connectivity index (χ0n) is 18.2. The highest BCUT2D eigenvalue weighted by molar-refractivity contribution is 7.91. The molecule has 0 aromatic heterocycles. The van der Waals surface area contributed by atoms with Crippen molar-refractivity contribution < 1.29 is 27.5 Å². The summed E-state index contributed by atoms with van der Waals surface area (Å²) in [6, 6.07) is 15.9. The van der Waals surface area contributed by atoms with Gasteiger partial charge in [-0.2, -0.15) is 0 Å². The van der Waals surface area contributed by atoms with E-state index in [0.29, 0.717) is 29.8 Å². The Morgan fingerprint density at radius 3 is 2.41 bits per heavy atom. The minimum Gasteiger partial charge on any atom is -0.496 e. The van der Waals surface area contributed by atoms with Crippen LogP contribution in [0.15, 0.2) is 54.6 Å². The molecule has 1 saturated heterocycles. The lowest BCUT2D eigenvalue weighted by Gasteiger charge is -2.26. The predicted molar refractivity (Wildman–Crippen MR) is 123 cm³/mol. The summed E-state index contributed by atoms with van der Waals surface area (Å²) in [7, 11) is -1.58. The summed E-state index contributed by atoms with van der Waals surface area (Å²) in [6.45, 7) is 1.67. The summed E-state index contributed by atoms with van der Waals surface area (Å²) in [5.41, 5.74) is 1.63. The number of methoxy groups -OCH3 is 1. The first-order chi connectivity index (χ1) is 15.3. The predicted octanol–water partition coefficient (Wildman–Crippen LogP) is 2.81. The van der Waals surface area contributed by atoms with E-state index in [1.807, 2.05) is 36.4 Å². The lowest BCUT2D eigenvalue weighted by molar-refractivity contribution is -0.148. The molecule has 2 aromatic rings. The molecular formula is C24H27NO6S. The summed E-state index contributed by atoms with van der Waals surface area (Å²) in [5.74, 6) is -0.438. The lowest BCUT2D eigenvalue weighted by atomic mass is 10.0. The second kappa shape index (κ2) is 10.5. The van der Waals surface area contributed by atoms with Crippen molar-refractivity contribution in [2.24, 2.45) is 0 Å². The van der Waals surface area contributed by atoms with Crippen LogP contribution in [0, 0.1) is 0 Å².